The second kappa shape index (κ2) is 6.55. The molecule has 4 rings (SSSR count). The minimum atomic E-state index is 0.279. The Morgan fingerprint density at radius 3 is 2.91 bits per heavy atom. The first kappa shape index (κ1) is 15.1. The van der Waals surface area contributed by atoms with Crippen molar-refractivity contribution in [1.82, 2.24) is 14.3 Å². The van der Waals surface area contributed by atoms with Crippen LogP contribution in [0.2, 0.25) is 0 Å². The van der Waals surface area contributed by atoms with Crippen molar-refractivity contribution in [3.05, 3.63) is 41.7 Å². The van der Waals surface area contributed by atoms with E-state index < -0.39 is 0 Å². The van der Waals surface area contributed by atoms with Crippen LogP contribution in [0.15, 0.2) is 30.3 Å². The second-order valence-corrected chi connectivity index (χ2v) is 6.91. The third-order valence-electron chi connectivity index (χ3n) is 4.69. The summed E-state index contributed by atoms with van der Waals surface area (Å²) in [5.41, 5.74) is 1.37. The normalized spacial score (nSPS) is 24.8. The Hall–Kier alpha value is -1.50. The van der Waals surface area contributed by atoms with Gasteiger partial charge in [-0.25, -0.2) is 4.98 Å². The Labute approximate surface area is 141 Å². The molecule has 2 aliphatic heterocycles. The predicted octanol–water partition coefficient (Wildman–Crippen LogP) is 2.19. The summed E-state index contributed by atoms with van der Waals surface area (Å²) in [5.74, 6) is 0.946. The van der Waals surface area contributed by atoms with E-state index in [9.17, 15) is 0 Å². The van der Waals surface area contributed by atoms with Crippen LogP contribution < -0.4 is 4.90 Å². The average Bonchev–Trinajstić information content (AvgIpc) is 3.23. The lowest BCUT2D eigenvalue weighted by atomic mass is 10.1. The van der Waals surface area contributed by atoms with Crippen LogP contribution in [-0.4, -0.2) is 52.6 Å². The first-order valence-electron chi connectivity index (χ1n) is 8.30. The lowest BCUT2D eigenvalue weighted by Gasteiger charge is -2.36. The van der Waals surface area contributed by atoms with Crippen molar-refractivity contribution in [3.63, 3.8) is 0 Å². The van der Waals surface area contributed by atoms with Crippen molar-refractivity contribution >= 4 is 16.7 Å². The van der Waals surface area contributed by atoms with E-state index in [4.69, 9.17) is 4.74 Å². The van der Waals surface area contributed by atoms with Crippen molar-refractivity contribution in [2.45, 2.75) is 32.0 Å². The number of rotatable bonds is 4. The molecule has 1 aromatic carbocycles. The summed E-state index contributed by atoms with van der Waals surface area (Å²) in [6, 6.07) is 11.1. The number of aryl methyl sites for hydroxylation is 1. The van der Waals surface area contributed by atoms with Crippen molar-refractivity contribution in [2.75, 3.05) is 31.1 Å². The van der Waals surface area contributed by atoms with Crippen LogP contribution in [0.3, 0.4) is 0 Å². The molecule has 2 saturated heterocycles. The largest absolute Gasteiger partial charge is 0.373 e. The topological polar surface area (TPSA) is 41.5 Å². The fourth-order valence-corrected chi connectivity index (χ4v) is 4.21. The highest BCUT2D eigenvalue weighted by atomic mass is 32.1. The van der Waals surface area contributed by atoms with Gasteiger partial charge in [0.1, 0.15) is 5.82 Å². The standard InChI is InChI=1S/C17H22N4OS/c1-2-16-18-17(23-19-16)21-11-14-15(12-21)22-9-8-20(14)10-13-6-4-3-5-7-13/h3-7,14-15H,2,8-12H2,1H3/t14-,15-/m0/s1. The maximum absolute atomic E-state index is 6.03. The van der Waals surface area contributed by atoms with Gasteiger partial charge in [-0.15, -0.1) is 0 Å². The number of hydrogen-bond acceptors (Lipinski definition) is 6. The molecule has 0 aliphatic carbocycles. The average molecular weight is 330 g/mol. The van der Waals surface area contributed by atoms with Crippen molar-refractivity contribution in [3.8, 4) is 0 Å². The molecule has 122 valence electrons. The Morgan fingerprint density at radius 1 is 1.26 bits per heavy atom. The fourth-order valence-electron chi connectivity index (χ4n) is 3.45. The summed E-state index contributed by atoms with van der Waals surface area (Å²) in [7, 11) is 0. The van der Waals surface area contributed by atoms with Crippen molar-refractivity contribution < 1.29 is 4.74 Å². The van der Waals surface area contributed by atoms with Crippen molar-refractivity contribution in [1.29, 1.82) is 0 Å². The number of benzene rings is 1. The van der Waals surface area contributed by atoms with Crippen molar-refractivity contribution in [2.24, 2.45) is 0 Å². The number of anilines is 1. The molecule has 5 nitrogen and oxygen atoms in total. The summed E-state index contributed by atoms with van der Waals surface area (Å²) in [5, 5.41) is 1.04. The zero-order chi connectivity index (χ0) is 15.6. The lowest BCUT2D eigenvalue weighted by molar-refractivity contribution is -0.0499. The molecular formula is C17H22N4OS. The first-order chi connectivity index (χ1) is 11.3. The summed E-state index contributed by atoms with van der Waals surface area (Å²) in [6.07, 6.45) is 1.18. The number of hydrogen-bond donors (Lipinski definition) is 0. The second-order valence-electron chi connectivity index (χ2n) is 6.18. The van der Waals surface area contributed by atoms with Crippen LogP contribution >= 0.6 is 11.5 Å². The zero-order valence-electron chi connectivity index (χ0n) is 13.4. The Kier molecular flexibility index (Phi) is 4.29. The smallest absolute Gasteiger partial charge is 0.205 e. The Bertz CT molecular complexity index is 647. The van der Waals surface area contributed by atoms with Crippen LogP contribution in [0.4, 0.5) is 5.13 Å². The molecule has 23 heavy (non-hydrogen) atoms. The van der Waals surface area contributed by atoms with Gasteiger partial charge in [-0.1, -0.05) is 37.3 Å². The first-order valence-corrected chi connectivity index (χ1v) is 9.08. The van der Waals surface area contributed by atoms with Gasteiger partial charge in [-0.05, 0) is 5.56 Å². The molecular weight excluding hydrogens is 308 g/mol. The third-order valence-corrected chi connectivity index (χ3v) is 5.50. The molecule has 0 bridgehead atoms. The maximum atomic E-state index is 6.03. The monoisotopic (exact) mass is 330 g/mol. The molecule has 1 aromatic heterocycles. The van der Waals surface area contributed by atoms with Crippen LogP contribution in [0, 0.1) is 0 Å². The van der Waals surface area contributed by atoms with E-state index in [1.807, 2.05) is 0 Å². The number of fused-ring (bicyclic) bond motifs is 1. The van der Waals surface area contributed by atoms with Gasteiger partial charge < -0.3 is 9.64 Å². The molecule has 2 aromatic rings. The van der Waals surface area contributed by atoms with Gasteiger partial charge in [0.05, 0.1) is 18.8 Å². The molecule has 0 N–H and O–H groups in total. The van der Waals surface area contributed by atoms with Gasteiger partial charge in [0.15, 0.2) is 0 Å². The highest BCUT2D eigenvalue weighted by Gasteiger charge is 2.41. The fraction of sp³-hybridized carbons (Fsp3) is 0.529. The molecule has 6 heteroatoms. The molecule has 0 saturated carbocycles. The summed E-state index contributed by atoms with van der Waals surface area (Å²) in [6.45, 7) is 6.82. The number of aromatic nitrogens is 2. The molecule has 0 unspecified atom stereocenters. The van der Waals surface area contributed by atoms with Gasteiger partial charge in [-0.3, -0.25) is 4.90 Å². The van der Waals surface area contributed by atoms with Crippen LogP contribution in [0.25, 0.3) is 0 Å². The van der Waals surface area contributed by atoms with E-state index in [0.717, 1.165) is 50.2 Å². The van der Waals surface area contributed by atoms with Gasteiger partial charge in [0.2, 0.25) is 5.13 Å². The summed E-state index contributed by atoms with van der Waals surface area (Å²) in [4.78, 5) is 9.54. The molecule has 0 amide bonds. The summed E-state index contributed by atoms with van der Waals surface area (Å²) < 4.78 is 10.4. The van der Waals surface area contributed by atoms with Gasteiger partial charge in [0.25, 0.3) is 0 Å². The molecule has 2 aliphatic rings. The zero-order valence-corrected chi connectivity index (χ0v) is 14.2. The van der Waals surface area contributed by atoms with E-state index >= 15 is 0 Å². The molecule has 0 radical (unpaired) electrons. The number of morpholine rings is 1. The highest BCUT2D eigenvalue weighted by Crippen LogP contribution is 2.29. The minimum absolute atomic E-state index is 0.279. The lowest BCUT2D eigenvalue weighted by Crippen LogP contribution is -2.50. The van der Waals surface area contributed by atoms with Gasteiger partial charge in [-0.2, -0.15) is 4.37 Å². The maximum Gasteiger partial charge on any atom is 0.205 e. The highest BCUT2D eigenvalue weighted by molar-refractivity contribution is 7.09. The Morgan fingerprint density at radius 2 is 2.13 bits per heavy atom. The minimum Gasteiger partial charge on any atom is -0.373 e. The number of nitrogens with zero attached hydrogens (tertiary/aromatic N) is 4. The molecule has 3 heterocycles. The summed E-state index contributed by atoms with van der Waals surface area (Å²) >= 11 is 1.51. The van der Waals surface area contributed by atoms with Crippen LogP contribution in [-0.2, 0) is 17.7 Å². The van der Waals surface area contributed by atoms with Crippen LogP contribution in [0.1, 0.15) is 18.3 Å². The van der Waals surface area contributed by atoms with E-state index in [0.29, 0.717) is 6.04 Å². The van der Waals surface area contributed by atoms with E-state index in [2.05, 4.69) is 56.4 Å². The van der Waals surface area contributed by atoms with E-state index in [1.165, 1.54) is 17.1 Å². The van der Waals surface area contributed by atoms with E-state index in [-0.39, 0.29) is 6.10 Å². The van der Waals surface area contributed by atoms with E-state index in [1.54, 1.807) is 0 Å². The molecule has 0 spiro atoms. The van der Waals surface area contributed by atoms with Gasteiger partial charge >= 0.3 is 0 Å². The quantitative estimate of drug-likeness (QED) is 0.859. The predicted molar refractivity (Wildman–Crippen MR) is 91.9 cm³/mol. The number of ether oxygens (including phenoxy) is 1. The van der Waals surface area contributed by atoms with Gasteiger partial charge in [0, 0.05) is 44.1 Å². The SMILES string of the molecule is CCc1nsc(N2C[C@@H]3OCCN(Cc4ccccc4)[C@H]3C2)n1. The third kappa shape index (κ3) is 3.11. The van der Waals surface area contributed by atoms with Crippen LogP contribution in [0.5, 0.6) is 0 Å². The molecule has 2 fully saturated rings. The molecule has 2 atom stereocenters. The Balaban J connectivity index is 1.47.